The molecule has 0 spiro atoms. The van der Waals surface area contributed by atoms with Crippen LogP contribution >= 0.6 is 0 Å². The van der Waals surface area contributed by atoms with E-state index in [4.69, 9.17) is 5.73 Å². The molecular formula is C9H17F2N3. The van der Waals surface area contributed by atoms with Gasteiger partial charge in [-0.25, -0.2) is 8.78 Å². The van der Waals surface area contributed by atoms with Gasteiger partial charge in [0.2, 0.25) is 0 Å². The summed E-state index contributed by atoms with van der Waals surface area (Å²) in [7, 11) is 0. The third-order valence-corrected chi connectivity index (χ3v) is 2.41. The van der Waals surface area contributed by atoms with Crippen LogP contribution < -0.4 is 11.1 Å². The highest BCUT2D eigenvalue weighted by Crippen LogP contribution is 2.11. The molecule has 1 heterocycles. The molecule has 14 heavy (non-hydrogen) atoms. The van der Waals surface area contributed by atoms with Crippen molar-refractivity contribution in [2.75, 3.05) is 19.6 Å². The summed E-state index contributed by atoms with van der Waals surface area (Å²) in [6.07, 6.45) is 2.73. The fraction of sp³-hybridized carbons (Fsp3) is 0.778. The summed E-state index contributed by atoms with van der Waals surface area (Å²) >= 11 is 0. The van der Waals surface area contributed by atoms with E-state index in [1.54, 1.807) is 11.1 Å². The van der Waals surface area contributed by atoms with Crippen LogP contribution in [0.1, 0.15) is 12.8 Å². The molecule has 3 nitrogen and oxygen atoms in total. The van der Waals surface area contributed by atoms with Crippen molar-refractivity contribution >= 4 is 0 Å². The van der Waals surface area contributed by atoms with Gasteiger partial charge in [0.15, 0.2) is 0 Å². The van der Waals surface area contributed by atoms with Gasteiger partial charge in [0.05, 0.1) is 6.54 Å². The monoisotopic (exact) mass is 205 g/mol. The van der Waals surface area contributed by atoms with Gasteiger partial charge in [-0.3, -0.25) is 4.90 Å². The Hall–Kier alpha value is -0.840. The van der Waals surface area contributed by atoms with Crippen molar-refractivity contribution in [3.8, 4) is 0 Å². The number of halogens is 2. The van der Waals surface area contributed by atoms with Crippen molar-refractivity contribution in [3.63, 3.8) is 0 Å². The number of rotatable bonds is 4. The number of nitrogens with two attached hydrogens (primary N) is 1. The molecule has 0 aromatic carbocycles. The van der Waals surface area contributed by atoms with Crippen molar-refractivity contribution in [2.45, 2.75) is 25.3 Å². The molecule has 1 fully saturated rings. The molecule has 1 aliphatic rings. The van der Waals surface area contributed by atoms with Gasteiger partial charge in [-0.05, 0) is 12.8 Å². The van der Waals surface area contributed by atoms with Crippen LogP contribution in [0.25, 0.3) is 0 Å². The second-order valence-electron chi connectivity index (χ2n) is 3.49. The third kappa shape index (κ3) is 3.91. The SMILES string of the molecule is N/C=C\NC1CCN(CC(F)F)CC1. The van der Waals surface area contributed by atoms with Gasteiger partial charge in [-0.2, -0.15) is 0 Å². The molecule has 82 valence electrons. The predicted molar refractivity (Wildman–Crippen MR) is 51.9 cm³/mol. The Bertz CT molecular complexity index is 177. The summed E-state index contributed by atoms with van der Waals surface area (Å²) < 4.78 is 24.1. The highest BCUT2D eigenvalue weighted by Gasteiger charge is 2.20. The third-order valence-electron chi connectivity index (χ3n) is 2.41. The quantitative estimate of drug-likeness (QED) is 0.711. The minimum absolute atomic E-state index is 0.0978. The van der Waals surface area contributed by atoms with Gasteiger partial charge in [0.25, 0.3) is 6.43 Å². The number of hydrogen-bond acceptors (Lipinski definition) is 3. The van der Waals surface area contributed by atoms with Gasteiger partial charge in [0.1, 0.15) is 0 Å². The zero-order valence-corrected chi connectivity index (χ0v) is 8.13. The molecule has 0 amide bonds. The smallest absolute Gasteiger partial charge is 0.251 e. The number of nitrogens with one attached hydrogen (secondary N) is 1. The molecule has 0 aromatic rings. The maximum atomic E-state index is 12.0. The Kier molecular flexibility index (Phi) is 4.65. The average molecular weight is 205 g/mol. The summed E-state index contributed by atoms with van der Waals surface area (Å²) in [5, 5.41) is 3.13. The van der Waals surface area contributed by atoms with Gasteiger partial charge in [0, 0.05) is 31.5 Å². The summed E-state index contributed by atoms with van der Waals surface area (Å²) in [5.41, 5.74) is 5.19. The number of piperidine rings is 1. The van der Waals surface area contributed by atoms with Crippen LogP contribution in [0.4, 0.5) is 8.78 Å². The molecule has 0 saturated carbocycles. The minimum Gasteiger partial charge on any atom is -0.403 e. The molecule has 0 unspecified atom stereocenters. The Morgan fingerprint density at radius 3 is 2.57 bits per heavy atom. The highest BCUT2D eigenvalue weighted by atomic mass is 19.3. The molecular weight excluding hydrogens is 188 g/mol. The lowest BCUT2D eigenvalue weighted by molar-refractivity contribution is 0.0741. The first kappa shape index (κ1) is 11.2. The second kappa shape index (κ2) is 5.80. The normalized spacial score (nSPS) is 20.8. The van der Waals surface area contributed by atoms with E-state index >= 15 is 0 Å². The Labute approximate surface area is 82.9 Å². The molecule has 1 saturated heterocycles. The Balaban J connectivity index is 2.17. The highest BCUT2D eigenvalue weighted by molar-refractivity contribution is 4.83. The molecule has 0 aromatic heterocycles. The van der Waals surface area contributed by atoms with E-state index in [1.807, 2.05) is 0 Å². The summed E-state index contributed by atoms with van der Waals surface area (Å²) in [6.45, 7) is 1.38. The maximum Gasteiger partial charge on any atom is 0.251 e. The van der Waals surface area contributed by atoms with Crippen LogP contribution in [0.5, 0.6) is 0 Å². The van der Waals surface area contributed by atoms with Gasteiger partial charge >= 0.3 is 0 Å². The summed E-state index contributed by atoms with van der Waals surface area (Å²) in [4.78, 5) is 1.80. The number of likely N-dealkylation sites (tertiary alicyclic amines) is 1. The van der Waals surface area contributed by atoms with E-state index in [0.29, 0.717) is 6.04 Å². The second-order valence-corrected chi connectivity index (χ2v) is 3.49. The molecule has 5 heteroatoms. The fourth-order valence-electron chi connectivity index (χ4n) is 1.67. The number of nitrogens with zero attached hydrogens (tertiary/aromatic N) is 1. The first-order valence-electron chi connectivity index (χ1n) is 4.85. The van der Waals surface area contributed by atoms with Crippen molar-refractivity contribution in [2.24, 2.45) is 5.73 Å². The summed E-state index contributed by atoms with van der Waals surface area (Å²) in [5.74, 6) is 0. The molecule has 0 bridgehead atoms. The lowest BCUT2D eigenvalue weighted by Crippen LogP contribution is -2.42. The molecule has 0 atom stereocenters. The van der Waals surface area contributed by atoms with Gasteiger partial charge in [-0.1, -0.05) is 0 Å². The predicted octanol–water partition coefficient (Wildman–Crippen LogP) is 0.735. The van der Waals surface area contributed by atoms with E-state index in [2.05, 4.69) is 5.32 Å². The van der Waals surface area contributed by atoms with Gasteiger partial charge < -0.3 is 11.1 Å². The zero-order chi connectivity index (χ0) is 10.4. The summed E-state index contributed by atoms with van der Waals surface area (Å²) in [6, 6.07) is 0.378. The van der Waals surface area contributed by atoms with Crippen molar-refractivity contribution in [1.29, 1.82) is 0 Å². The van der Waals surface area contributed by atoms with Crippen LogP contribution in [0.15, 0.2) is 12.4 Å². The van der Waals surface area contributed by atoms with Crippen LogP contribution in [0.2, 0.25) is 0 Å². The van der Waals surface area contributed by atoms with Crippen LogP contribution in [-0.2, 0) is 0 Å². The van der Waals surface area contributed by atoms with Crippen LogP contribution in [0, 0.1) is 0 Å². The van der Waals surface area contributed by atoms with E-state index in [0.717, 1.165) is 25.9 Å². The molecule has 0 radical (unpaired) electrons. The molecule has 1 aliphatic heterocycles. The maximum absolute atomic E-state index is 12.0. The molecule has 3 N–H and O–H groups in total. The van der Waals surface area contributed by atoms with Crippen LogP contribution in [-0.4, -0.2) is 37.0 Å². The topological polar surface area (TPSA) is 41.3 Å². The van der Waals surface area contributed by atoms with Gasteiger partial charge in [-0.15, -0.1) is 0 Å². The van der Waals surface area contributed by atoms with Crippen LogP contribution in [0.3, 0.4) is 0 Å². The average Bonchev–Trinajstić information content (AvgIpc) is 2.16. The first-order chi connectivity index (χ1) is 6.72. The molecule has 0 aliphatic carbocycles. The van der Waals surface area contributed by atoms with E-state index in [-0.39, 0.29) is 6.54 Å². The van der Waals surface area contributed by atoms with E-state index in [1.165, 1.54) is 6.20 Å². The van der Waals surface area contributed by atoms with Crippen molar-refractivity contribution in [3.05, 3.63) is 12.4 Å². The fourth-order valence-corrected chi connectivity index (χ4v) is 1.67. The van der Waals surface area contributed by atoms with E-state index < -0.39 is 6.43 Å². The van der Waals surface area contributed by atoms with Crippen molar-refractivity contribution in [1.82, 2.24) is 10.2 Å². The zero-order valence-electron chi connectivity index (χ0n) is 8.13. The lowest BCUT2D eigenvalue weighted by atomic mass is 10.1. The first-order valence-corrected chi connectivity index (χ1v) is 4.85. The molecule has 1 rings (SSSR count). The van der Waals surface area contributed by atoms with Crippen molar-refractivity contribution < 1.29 is 8.78 Å². The number of alkyl halides is 2. The Morgan fingerprint density at radius 1 is 1.43 bits per heavy atom. The number of hydrogen-bond donors (Lipinski definition) is 2. The lowest BCUT2D eigenvalue weighted by Gasteiger charge is -2.31. The largest absolute Gasteiger partial charge is 0.403 e. The standard InChI is InChI=1S/C9H17F2N3/c10-9(11)7-14-5-1-8(2-6-14)13-4-3-12/h3-4,8-9,13H,1-2,5-7,12H2/b4-3-. The minimum atomic E-state index is -2.22. The van der Waals surface area contributed by atoms with E-state index in [9.17, 15) is 8.78 Å². The Morgan fingerprint density at radius 2 is 2.07 bits per heavy atom.